The molecule has 1 aliphatic heterocycles. The van der Waals surface area contributed by atoms with Crippen molar-refractivity contribution in [1.29, 1.82) is 0 Å². The highest BCUT2D eigenvalue weighted by atomic mass is 16.5. The first-order valence-corrected chi connectivity index (χ1v) is 9.05. The minimum atomic E-state index is -0.477. The summed E-state index contributed by atoms with van der Waals surface area (Å²) in [6, 6.07) is 3.76. The molecule has 0 unspecified atom stereocenters. The largest absolute Gasteiger partial charge is 0.386 e. The molecule has 2 aromatic rings. The van der Waals surface area contributed by atoms with Crippen molar-refractivity contribution in [3.63, 3.8) is 0 Å². The molecule has 25 heavy (non-hydrogen) atoms. The van der Waals surface area contributed by atoms with Gasteiger partial charge < -0.3 is 14.5 Å². The zero-order chi connectivity index (χ0) is 17.4. The number of amides is 1. The summed E-state index contributed by atoms with van der Waals surface area (Å²) >= 11 is 0. The monoisotopic (exact) mass is 344 g/mol. The molecular weight excluding hydrogens is 320 g/mol. The number of carbonyl (C=O) groups excluding carboxylic acids is 1. The second-order valence-corrected chi connectivity index (χ2v) is 7.20. The average Bonchev–Trinajstić information content (AvgIpc) is 3.06. The van der Waals surface area contributed by atoms with Gasteiger partial charge in [-0.1, -0.05) is 11.6 Å². The van der Waals surface area contributed by atoms with E-state index in [0.717, 1.165) is 42.9 Å². The standard InChI is InChI=1S/C18H24N4O3/c1-12-8-15(25-20-12)10-17(23)21-6-3-7-22-14(11-21)9-16(19-22)18(24)13-4-2-5-13/h8-9,13,18,24H,2-7,10-11H2,1H3/t18-/m1/s1. The number of fused-ring (bicyclic) bond motifs is 1. The van der Waals surface area contributed by atoms with Crippen molar-refractivity contribution in [2.45, 2.75) is 58.2 Å². The minimum absolute atomic E-state index is 0.0342. The highest BCUT2D eigenvalue weighted by Gasteiger charge is 2.30. The maximum absolute atomic E-state index is 12.6. The van der Waals surface area contributed by atoms with Gasteiger partial charge >= 0.3 is 0 Å². The number of hydrogen-bond acceptors (Lipinski definition) is 5. The van der Waals surface area contributed by atoms with E-state index < -0.39 is 6.10 Å². The van der Waals surface area contributed by atoms with Crippen molar-refractivity contribution < 1.29 is 14.4 Å². The lowest BCUT2D eigenvalue weighted by Crippen LogP contribution is -2.31. The predicted molar refractivity (Wildman–Crippen MR) is 89.5 cm³/mol. The molecule has 3 heterocycles. The Morgan fingerprint density at radius 1 is 1.36 bits per heavy atom. The van der Waals surface area contributed by atoms with Crippen LogP contribution in [0.2, 0.25) is 0 Å². The normalized spacial score (nSPS) is 19.2. The summed E-state index contributed by atoms with van der Waals surface area (Å²) in [6.45, 7) is 3.85. The van der Waals surface area contributed by atoms with Crippen LogP contribution in [0.25, 0.3) is 0 Å². The average molecular weight is 344 g/mol. The number of aliphatic hydroxyl groups is 1. The number of nitrogens with zero attached hydrogens (tertiary/aromatic N) is 4. The van der Waals surface area contributed by atoms with Crippen molar-refractivity contribution in [2.75, 3.05) is 6.54 Å². The topological polar surface area (TPSA) is 84.4 Å². The molecule has 1 saturated carbocycles. The van der Waals surface area contributed by atoms with Crippen LogP contribution < -0.4 is 0 Å². The highest BCUT2D eigenvalue weighted by Crippen LogP contribution is 2.37. The first-order chi connectivity index (χ1) is 12.1. The SMILES string of the molecule is Cc1cc(CC(=O)N2CCCn3nc([C@H](O)C4CCC4)cc3C2)on1. The Labute approximate surface area is 146 Å². The Morgan fingerprint density at radius 3 is 2.88 bits per heavy atom. The molecule has 1 aliphatic carbocycles. The van der Waals surface area contributed by atoms with Gasteiger partial charge in [0.05, 0.1) is 30.0 Å². The fourth-order valence-electron chi connectivity index (χ4n) is 3.60. The van der Waals surface area contributed by atoms with Gasteiger partial charge in [-0.3, -0.25) is 9.48 Å². The summed E-state index contributed by atoms with van der Waals surface area (Å²) in [5, 5.41) is 18.9. The molecule has 2 aromatic heterocycles. The van der Waals surface area contributed by atoms with Crippen molar-refractivity contribution in [1.82, 2.24) is 19.8 Å². The number of aromatic nitrogens is 3. The molecule has 7 heteroatoms. The van der Waals surface area contributed by atoms with Crippen LogP contribution in [0.15, 0.2) is 16.7 Å². The second kappa shape index (κ2) is 6.63. The summed E-state index contributed by atoms with van der Waals surface area (Å²) in [4.78, 5) is 14.4. The zero-order valence-corrected chi connectivity index (χ0v) is 14.5. The third-order valence-corrected chi connectivity index (χ3v) is 5.29. The molecule has 0 radical (unpaired) electrons. The lowest BCUT2D eigenvalue weighted by molar-refractivity contribution is -0.131. The Bertz CT molecular complexity index is 762. The van der Waals surface area contributed by atoms with Crippen molar-refractivity contribution in [3.05, 3.63) is 35.0 Å². The quantitative estimate of drug-likeness (QED) is 0.917. The van der Waals surface area contributed by atoms with E-state index in [4.69, 9.17) is 4.52 Å². The van der Waals surface area contributed by atoms with E-state index in [-0.39, 0.29) is 12.3 Å². The number of aryl methyl sites for hydroxylation is 2. The van der Waals surface area contributed by atoms with Crippen LogP contribution in [0.1, 0.15) is 54.6 Å². The molecule has 0 aromatic carbocycles. The smallest absolute Gasteiger partial charge is 0.230 e. The van der Waals surface area contributed by atoms with Crippen LogP contribution >= 0.6 is 0 Å². The maximum atomic E-state index is 12.6. The maximum Gasteiger partial charge on any atom is 0.230 e. The van der Waals surface area contributed by atoms with Gasteiger partial charge in [0.15, 0.2) is 0 Å². The van der Waals surface area contributed by atoms with E-state index in [2.05, 4.69) is 10.3 Å². The first kappa shape index (κ1) is 16.3. The van der Waals surface area contributed by atoms with E-state index in [9.17, 15) is 9.90 Å². The lowest BCUT2D eigenvalue weighted by Gasteiger charge is -2.29. The van der Waals surface area contributed by atoms with Crippen molar-refractivity contribution in [2.24, 2.45) is 5.92 Å². The number of carbonyl (C=O) groups is 1. The summed E-state index contributed by atoms with van der Waals surface area (Å²) < 4.78 is 7.11. The third kappa shape index (κ3) is 3.33. The Balaban J connectivity index is 1.46. The van der Waals surface area contributed by atoms with Crippen molar-refractivity contribution >= 4 is 5.91 Å². The van der Waals surface area contributed by atoms with Crippen LogP contribution in [0.4, 0.5) is 0 Å². The lowest BCUT2D eigenvalue weighted by atomic mass is 9.80. The highest BCUT2D eigenvalue weighted by molar-refractivity contribution is 5.78. The Kier molecular flexibility index (Phi) is 4.33. The van der Waals surface area contributed by atoms with Gasteiger partial charge in [-0.15, -0.1) is 0 Å². The second-order valence-electron chi connectivity index (χ2n) is 7.20. The molecule has 1 atom stereocenters. The Morgan fingerprint density at radius 2 is 2.20 bits per heavy atom. The first-order valence-electron chi connectivity index (χ1n) is 9.05. The van der Waals surface area contributed by atoms with E-state index in [1.165, 1.54) is 6.42 Å². The van der Waals surface area contributed by atoms with Gasteiger partial charge in [-0.05, 0) is 38.2 Å². The molecule has 1 amide bonds. The van der Waals surface area contributed by atoms with Gasteiger partial charge in [0, 0.05) is 19.2 Å². The van der Waals surface area contributed by atoms with E-state index in [1.54, 1.807) is 6.07 Å². The molecule has 1 N–H and O–H groups in total. The fourth-order valence-corrected chi connectivity index (χ4v) is 3.60. The van der Waals surface area contributed by atoms with Crippen LogP contribution in [-0.2, 0) is 24.3 Å². The summed E-state index contributed by atoms with van der Waals surface area (Å²) in [7, 11) is 0. The number of aliphatic hydroxyl groups excluding tert-OH is 1. The number of rotatable bonds is 4. The minimum Gasteiger partial charge on any atom is -0.386 e. The molecule has 0 saturated heterocycles. The van der Waals surface area contributed by atoms with Crippen LogP contribution in [-0.4, -0.2) is 37.4 Å². The molecule has 1 fully saturated rings. The van der Waals surface area contributed by atoms with Crippen molar-refractivity contribution in [3.8, 4) is 0 Å². The predicted octanol–water partition coefficient (Wildman–Crippen LogP) is 1.99. The zero-order valence-electron chi connectivity index (χ0n) is 14.5. The fraction of sp³-hybridized carbons (Fsp3) is 0.611. The van der Waals surface area contributed by atoms with Gasteiger partial charge in [0.2, 0.25) is 5.91 Å². The number of hydrogen-bond donors (Lipinski definition) is 1. The third-order valence-electron chi connectivity index (χ3n) is 5.29. The van der Waals surface area contributed by atoms with Crippen LogP contribution in [0.5, 0.6) is 0 Å². The summed E-state index contributed by atoms with van der Waals surface area (Å²) in [5.41, 5.74) is 2.53. The molecule has 0 spiro atoms. The van der Waals surface area contributed by atoms with Crippen LogP contribution in [0, 0.1) is 12.8 Å². The van der Waals surface area contributed by atoms with Gasteiger partial charge in [-0.25, -0.2) is 0 Å². The molecule has 2 aliphatic rings. The molecule has 4 rings (SSSR count). The molecule has 7 nitrogen and oxygen atoms in total. The molecular formula is C18H24N4O3. The van der Waals surface area contributed by atoms with E-state index >= 15 is 0 Å². The van der Waals surface area contributed by atoms with Gasteiger partial charge in [-0.2, -0.15) is 5.10 Å². The summed E-state index contributed by atoms with van der Waals surface area (Å²) in [6.07, 6.45) is 3.95. The summed E-state index contributed by atoms with van der Waals surface area (Å²) in [5.74, 6) is 0.972. The van der Waals surface area contributed by atoms with Crippen LogP contribution in [0.3, 0.4) is 0 Å². The Hall–Kier alpha value is -2.15. The molecule has 134 valence electrons. The van der Waals surface area contributed by atoms with Gasteiger partial charge in [0.1, 0.15) is 11.9 Å². The molecule has 0 bridgehead atoms. The van der Waals surface area contributed by atoms with E-state index in [0.29, 0.717) is 24.8 Å². The van der Waals surface area contributed by atoms with Gasteiger partial charge in [0.25, 0.3) is 0 Å². The van der Waals surface area contributed by atoms with E-state index in [1.807, 2.05) is 22.6 Å².